The second-order valence-electron chi connectivity index (χ2n) is 10.3. The van der Waals surface area contributed by atoms with Gasteiger partial charge in [-0.1, -0.05) is 42.5 Å². The number of carbonyl (C=O) groups is 2. The van der Waals surface area contributed by atoms with E-state index in [9.17, 15) is 9.59 Å². The first-order valence-electron chi connectivity index (χ1n) is 12.7. The Labute approximate surface area is 208 Å². The van der Waals surface area contributed by atoms with Crippen molar-refractivity contribution in [2.45, 2.75) is 45.1 Å². The van der Waals surface area contributed by atoms with Crippen LogP contribution in [0.15, 0.2) is 54.6 Å². The molecule has 0 atom stereocenters. The minimum absolute atomic E-state index is 0.0186. The summed E-state index contributed by atoms with van der Waals surface area (Å²) in [5.41, 5.74) is 7.11. The number of piperidine rings is 1. The summed E-state index contributed by atoms with van der Waals surface area (Å²) in [6.45, 7) is 8.78. The fraction of sp³-hybridized carbons (Fsp3) is 0.500. The Bertz CT molecular complexity index is 994. The molecule has 2 aromatic rings. The highest BCUT2D eigenvalue weighted by Crippen LogP contribution is 2.24. The van der Waals surface area contributed by atoms with E-state index in [0.717, 1.165) is 38.5 Å². The highest BCUT2D eigenvalue weighted by molar-refractivity contribution is 5.95. The van der Waals surface area contributed by atoms with Crippen LogP contribution in [0.25, 0.3) is 0 Å². The van der Waals surface area contributed by atoms with Gasteiger partial charge in [-0.3, -0.25) is 4.79 Å². The number of para-hydroxylation sites is 1. The Morgan fingerprint density at radius 1 is 0.886 bits per heavy atom. The summed E-state index contributed by atoms with van der Waals surface area (Å²) in [5.74, 6) is 0.263. The lowest BCUT2D eigenvalue weighted by atomic mass is 9.91. The number of hydrogen-bond donors (Lipinski definition) is 1. The summed E-state index contributed by atoms with van der Waals surface area (Å²) in [6, 6.07) is 17.6. The number of carbonyl (C=O) groups excluding carboxylic acids is 2. The zero-order valence-electron chi connectivity index (χ0n) is 21.0. The number of nitrogen functional groups attached to an aromatic ring is 1. The number of nitrogens with zero attached hydrogens (tertiary/aromatic N) is 3. The molecule has 0 aromatic heterocycles. The van der Waals surface area contributed by atoms with Crippen molar-refractivity contribution in [1.29, 1.82) is 0 Å². The van der Waals surface area contributed by atoms with Crippen LogP contribution < -0.4 is 5.73 Å². The van der Waals surface area contributed by atoms with Gasteiger partial charge in [-0.25, -0.2) is 14.8 Å². The van der Waals surface area contributed by atoms with Gasteiger partial charge in [0.25, 0.3) is 0 Å². The standard InChI is InChI=1S/C28H38N4O3/c1-28(2,35-27(34)24-10-6-7-11-25(24)29)21-26(33)30-16-18-32(19-17-30)31-14-12-23(13-15-31)20-22-8-4-3-5-9-22/h3-11,23H,12-21,29H2,1-2H3. The smallest absolute Gasteiger partial charge is 0.340 e. The molecule has 2 N–H and O–H groups in total. The van der Waals surface area contributed by atoms with Gasteiger partial charge in [0.2, 0.25) is 5.91 Å². The van der Waals surface area contributed by atoms with Crippen molar-refractivity contribution < 1.29 is 14.3 Å². The number of hydrogen-bond acceptors (Lipinski definition) is 6. The number of benzene rings is 2. The van der Waals surface area contributed by atoms with Gasteiger partial charge in [0.1, 0.15) is 5.60 Å². The molecule has 4 rings (SSSR count). The van der Waals surface area contributed by atoms with Crippen LogP contribution in [0.4, 0.5) is 5.69 Å². The monoisotopic (exact) mass is 478 g/mol. The molecule has 0 saturated carbocycles. The van der Waals surface area contributed by atoms with Crippen LogP contribution >= 0.6 is 0 Å². The lowest BCUT2D eigenvalue weighted by molar-refractivity contribution is -0.142. The zero-order valence-corrected chi connectivity index (χ0v) is 21.0. The third-order valence-corrected chi connectivity index (χ3v) is 7.09. The number of piperazine rings is 1. The number of rotatable bonds is 7. The van der Waals surface area contributed by atoms with Gasteiger partial charge in [-0.15, -0.1) is 0 Å². The fourth-order valence-corrected chi connectivity index (χ4v) is 5.08. The molecule has 188 valence electrons. The van der Waals surface area contributed by atoms with Crippen LogP contribution in [0.2, 0.25) is 0 Å². The average molecular weight is 479 g/mol. The van der Waals surface area contributed by atoms with Crippen molar-refractivity contribution in [2.24, 2.45) is 5.92 Å². The summed E-state index contributed by atoms with van der Waals surface area (Å²) < 4.78 is 5.65. The predicted molar refractivity (Wildman–Crippen MR) is 138 cm³/mol. The number of hydrazine groups is 1. The van der Waals surface area contributed by atoms with E-state index in [1.165, 1.54) is 18.4 Å². The molecule has 2 aliphatic heterocycles. The first-order valence-corrected chi connectivity index (χ1v) is 12.7. The predicted octanol–water partition coefficient (Wildman–Crippen LogP) is 3.61. The number of anilines is 1. The largest absolute Gasteiger partial charge is 0.455 e. The third kappa shape index (κ3) is 6.83. The zero-order chi connectivity index (χ0) is 24.8. The molecule has 7 heteroatoms. The second-order valence-corrected chi connectivity index (χ2v) is 10.3. The van der Waals surface area contributed by atoms with Crippen LogP contribution in [0.1, 0.15) is 49.0 Å². The minimum Gasteiger partial charge on any atom is -0.455 e. The van der Waals surface area contributed by atoms with Crippen LogP contribution in [-0.2, 0) is 16.0 Å². The number of amides is 1. The van der Waals surface area contributed by atoms with Crippen molar-refractivity contribution in [2.75, 3.05) is 45.0 Å². The van der Waals surface area contributed by atoms with Crippen molar-refractivity contribution in [1.82, 2.24) is 14.9 Å². The van der Waals surface area contributed by atoms with Gasteiger partial charge in [0, 0.05) is 45.0 Å². The van der Waals surface area contributed by atoms with Crippen LogP contribution in [0.3, 0.4) is 0 Å². The molecule has 0 spiro atoms. The van der Waals surface area contributed by atoms with Gasteiger partial charge >= 0.3 is 5.97 Å². The van der Waals surface area contributed by atoms with Gasteiger partial charge in [0.15, 0.2) is 0 Å². The molecule has 7 nitrogen and oxygen atoms in total. The Morgan fingerprint density at radius 3 is 2.14 bits per heavy atom. The summed E-state index contributed by atoms with van der Waals surface area (Å²) in [4.78, 5) is 27.4. The molecule has 0 aliphatic carbocycles. The lowest BCUT2D eigenvalue weighted by Gasteiger charge is -2.44. The van der Waals surface area contributed by atoms with Crippen molar-refractivity contribution in [3.05, 3.63) is 65.7 Å². The van der Waals surface area contributed by atoms with Gasteiger partial charge in [-0.05, 0) is 56.7 Å². The maximum absolute atomic E-state index is 13.0. The summed E-state index contributed by atoms with van der Waals surface area (Å²) >= 11 is 0. The van der Waals surface area contributed by atoms with E-state index in [4.69, 9.17) is 10.5 Å². The molecule has 1 amide bonds. The Balaban J connectivity index is 1.20. The minimum atomic E-state index is -0.909. The molecule has 2 heterocycles. The molecule has 0 radical (unpaired) electrons. The Kier molecular flexibility index (Phi) is 8.08. The van der Waals surface area contributed by atoms with Crippen molar-refractivity contribution in [3.8, 4) is 0 Å². The van der Waals surface area contributed by atoms with E-state index in [-0.39, 0.29) is 12.3 Å². The normalized spacial score (nSPS) is 18.4. The second kappa shape index (κ2) is 11.2. The van der Waals surface area contributed by atoms with Crippen molar-refractivity contribution in [3.63, 3.8) is 0 Å². The summed E-state index contributed by atoms with van der Waals surface area (Å²) in [5, 5.41) is 4.88. The average Bonchev–Trinajstić information content (AvgIpc) is 2.85. The highest BCUT2D eigenvalue weighted by Gasteiger charge is 2.32. The number of nitrogens with two attached hydrogens (primary N) is 1. The molecule has 2 fully saturated rings. The van der Waals surface area contributed by atoms with Gasteiger partial charge < -0.3 is 15.4 Å². The van der Waals surface area contributed by atoms with E-state index in [1.54, 1.807) is 38.1 Å². The molecular weight excluding hydrogens is 440 g/mol. The first-order chi connectivity index (χ1) is 16.8. The molecule has 2 aromatic carbocycles. The maximum atomic E-state index is 13.0. The Hall–Kier alpha value is -2.90. The molecule has 2 saturated heterocycles. The first kappa shape index (κ1) is 25.2. The lowest BCUT2D eigenvalue weighted by Crippen LogP contribution is -2.57. The highest BCUT2D eigenvalue weighted by atomic mass is 16.6. The summed E-state index contributed by atoms with van der Waals surface area (Å²) in [6.07, 6.45) is 3.73. The van der Waals surface area contributed by atoms with Gasteiger partial charge in [0.05, 0.1) is 12.0 Å². The fourth-order valence-electron chi connectivity index (χ4n) is 5.08. The third-order valence-electron chi connectivity index (χ3n) is 7.09. The van der Waals surface area contributed by atoms with E-state index in [2.05, 4.69) is 40.3 Å². The SMILES string of the molecule is CC(C)(CC(=O)N1CCN(N2CCC(Cc3ccccc3)CC2)CC1)OC(=O)c1ccccc1N. The molecule has 35 heavy (non-hydrogen) atoms. The molecule has 0 unspecified atom stereocenters. The maximum Gasteiger partial charge on any atom is 0.340 e. The quantitative estimate of drug-likeness (QED) is 0.484. The van der Waals surface area contributed by atoms with E-state index >= 15 is 0 Å². The molecule has 2 aliphatic rings. The summed E-state index contributed by atoms with van der Waals surface area (Å²) in [7, 11) is 0. The topological polar surface area (TPSA) is 79.1 Å². The Morgan fingerprint density at radius 2 is 1.49 bits per heavy atom. The van der Waals surface area contributed by atoms with Gasteiger partial charge in [-0.2, -0.15) is 0 Å². The van der Waals surface area contributed by atoms with Crippen LogP contribution in [0.5, 0.6) is 0 Å². The number of ether oxygens (including phenoxy) is 1. The van der Waals surface area contributed by atoms with E-state index in [1.807, 2.05) is 4.90 Å². The van der Waals surface area contributed by atoms with Crippen LogP contribution in [0, 0.1) is 5.92 Å². The van der Waals surface area contributed by atoms with E-state index < -0.39 is 11.6 Å². The molecule has 0 bridgehead atoms. The number of esters is 1. The molecular formula is C28H38N4O3. The van der Waals surface area contributed by atoms with Crippen molar-refractivity contribution >= 4 is 17.6 Å². The van der Waals surface area contributed by atoms with Crippen LogP contribution in [-0.4, -0.2) is 71.7 Å². The van der Waals surface area contributed by atoms with E-state index in [0.29, 0.717) is 24.3 Å².